The van der Waals surface area contributed by atoms with Crippen molar-refractivity contribution in [1.82, 2.24) is 0 Å². The van der Waals surface area contributed by atoms with Crippen LogP contribution in [-0.4, -0.2) is 23.6 Å². The van der Waals surface area contributed by atoms with Gasteiger partial charge in [0, 0.05) is 5.75 Å². The number of sulfone groups is 1. The lowest BCUT2D eigenvalue weighted by atomic mass is 10.1. The summed E-state index contributed by atoms with van der Waals surface area (Å²) in [6.45, 7) is 2.66. The highest BCUT2D eigenvalue weighted by Gasteiger charge is 2.43. The molecule has 1 rings (SSSR count). The first-order valence-corrected chi connectivity index (χ1v) is 7.39. The van der Waals surface area contributed by atoms with E-state index in [9.17, 15) is 17.6 Å². The van der Waals surface area contributed by atoms with E-state index in [1.165, 1.54) is 32.0 Å². The zero-order chi connectivity index (χ0) is 13.3. The Morgan fingerprint density at radius 1 is 1.41 bits per heavy atom. The minimum Gasteiger partial charge on any atom is -0.291 e. The lowest BCUT2D eigenvalue weighted by molar-refractivity contribution is 0.0979. The van der Waals surface area contributed by atoms with Gasteiger partial charge in [-0.3, -0.25) is 4.79 Å². The van der Waals surface area contributed by atoms with E-state index in [0.29, 0.717) is 0 Å². The first-order chi connectivity index (χ1) is 7.74. The van der Waals surface area contributed by atoms with Crippen molar-refractivity contribution in [2.24, 2.45) is 0 Å². The smallest absolute Gasteiger partial charge is 0.197 e. The molecule has 0 radical (unpaired) electrons. The molecule has 1 aromatic carbocycles. The Kier molecular flexibility index (Phi) is 4.09. The van der Waals surface area contributed by atoms with Crippen LogP contribution in [0.4, 0.5) is 4.39 Å². The van der Waals surface area contributed by atoms with Gasteiger partial charge in [-0.15, -0.1) is 0 Å². The van der Waals surface area contributed by atoms with Crippen LogP contribution in [0.1, 0.15) is 24.2 Å². The van der Waals surface area contributed by atoms with E-state index in [1.54, 1.807) is 0 Å². The zero-order valence-electron chi connectivity index (χ0n) is 9.41. The molecule has 1 atom stereocenters. The average molecular weight is 323 g/mol. The monoisotopic (exact) mass is 322 g/mol. The third-order valence-electron chi connectivity index (χ3n) is 2.49. The molecular weight excluding hydrogens is 311 g/mol. The van der Waals surface area contributed by atoms with Crippen LogP contribution in [0, 0.1) is 5.82 Å². The number of hydrogen-bond donors (Lipinski definition) is 0. The minimum atomic E-state index is -3.66. The number of benzene rings is 1. The maximum absolute atomic E-state index is 13.4. The van der Waals surface area contributed by atoms with Crippen molar-refractivity contribution in [2.45, 2.75) is 17.5 Å². The summed E-state index contributed by atoms with van der Waals surface area (Å²) < 4.78 is 35.1. The van der Waals surface area contributed by atoms with Crippen LogP contribution in [0.15, 0.2) is 24.3 Å². The van der Waals surface area contributed by atoms with Crippen molar-refractivity contribution >= 4 is 31.6 Å². The molecule has 0 aliphatic rings. The summed E-state index contributed by atoms with van der Waals surface area (Å²) in [5.74, 6) is -1.72. The van der Waals surface area contributed by atoms with Gasteiger partial charge in [-0.05, 0) is 19.1 Å². The summed E-state index contributed by atoms with van der Waals surface area (Å²) in [4.78, 5) is 12.0. The molecule has 0 saturated carbocycles. The van der Waals surface area contributed by atoms with Crippen molar-refractivity contribution in [3.63, 3.8) is 0 Å². The second kappa shape index (κ2) is 4.86. The maximum atomic E-state index is 13.4. The van der Waals surface area contributed by atoms with Crippen molar-refractivity contribution in [2.75, 3.05) is 5.75 Å². The Bertz CT molecular complexity index is 537. The molecule has 0 bridgehead atoms. The molecule has 0 aliphatic carbocycles. The Balaban J connectivity index is 3.28. The van der Waals surface area contributed by atoms with Crippen molar-refractivity contribution in [3.8, 4) is 0 Å². The van der Waals surface area contributed by atoms with E-state index in [2.05, 4.69) is 15.9 Å². The fraction of sp³-hybridized carbons (Fsp3) is 0.364. The molecule has 0 N–H and O–H groups in total. The molecule has 1 aromatic rings. The highest BCUT2D eigenvalue weighted by Crippen LogP contribution is 2.30. The first-order valence-electron chi connectivity index (χ1n) is 4.94. The van der Waals surface area contributed by atoms with Gasteiger partial charge in [-0.1, -0.05) is 35.0 Å². The lowest BCUT2D eigenvalue weighted by Gasteiger charge is -2.20. The quantitative estimate of drug-likeness (QED) is 0.632. The standard InChI is InChI=1S/C11H12BrFO3S/c1-3-17(15,16)11(2,12)10(14)8-6-4-5-7-9(8)13/h4-7H,3H2,1-2H3. The predicted octanol–water partition coefficient (Wildman–Crippen LogP) is 2.55. The van der Waals surface area contributed by atoms with Gasteiger partial charge in [0.05, 0.1) is 5.56 Å². The van der Waals surface area contributed by atoms with E-state index in [1.807, 2.05) is 0 Å². The van der Waals surface area contributed by atoms with E-state index in [-0.39, 0.29) is 11.3 Å². The SMILES string of the molecule is CCS(=O)(=O)C(C)(Br)C(=O)c1ccccc1F. The normalized spacial score (nSPS) is 15.3. The highest BCUT2D eigenvalue weighted by molar-refractivity contribution is 9.12. The fourth-order valence-electron chi connectivity index (χ4n) is 1.30. The molecule has 1 unspecified atom stereocenters. The summed E-state index contributed by atoms with van der Waals surface area (Å²) in [7, 11) is -3.66. The van der Waals surface area contributed by atoms with Crippen molar-refractivity contribution < 1.29 is 17.6 Å². The minimum absolute atomic E-state index is 0.199. The third-order valence-corrected chi connectivity index (χ3v) is 6.44. The van der Waals surface area contributed by atoms with E-state index in [4.69, 9.17) is 0 Å². The van der Waals surface area contributed by atoms with Gasteiger partial charge in [-0.25, -0.2) is 12.8 Å². The number of carbonyl (C=O) groups is 1. The highest BCUT2D eigenvalue weighted by atomic mass is 79.9. The Labute approximate surface area is 108 Å². The summed E-state index contributed by atoms with van der Waals surface area (Å²) in [6, 6.07) is 5.31. The number of rotatable bonds is 4. The van der Waals surface area contributed by atoms with Crippen LogP contribution in [0.3, 0.4) is 0 Å². The molecule has 6 heteroatoms. The van der Waals surface area contributed by atoms with Gasteiger partial charge in [0.2, 0.25) is 0 Å². The molecule has 17 heavy (non-hydrogen) atoms. The fourth-order valence-corrected chi connectivity index (χ4v) is 3.13. The van der Waals surface area contributed by atoms with Crippen LogP contribution in [0.5, 0.6) is 0 Å². The van der Waals surface area contributed by atoms with Crippen LogP contribution in [0.25, 0.3) is 0 Å². The van der Waals surface area contributed by atoms with Crippen LogP contribution >= 0.6 is 15.9 Å². The molecule has 0 fully saturated rings. The zero-order valence-corrected chi connectivity index (χ0v) is 11.8. The first kappa shape index (κ1) is 14.3. The molecule has 0 spiro atoms. The molecule has 94 valence electrons. The predicted molar refractivity (Wildman–Crippen MR) is 67.5 cm³/mol. The van der Waals surface area contributed by atoms with E-state index >= 15 is 0 Å². The van der Waals surface area contributed by atoms with E-state index < -0.39 is 25.1 Å². The van der Waals surface area contributed by atoms with Crippen LogP contribution in [-0.2, 0) is 9.84 Å². The van der Waals surface area contributed by atoms with Crippen molar-refractivity contribution in [1.29, 1.82) is 0 Å². The third kappa shape index (κ3) is 2.57. The molecule has 3 nitrogen and oxygen atoms in total. The van der Waals surface area contributed by atoms with Crippen LogP contribution < -0.4 is 0 Å². The Morgan fingerprint density at radius 2 is 1.94 bits per heavy atom. The second-order valence-corrected chi connectivity index (χ2v) is 8.36. The van der Waals surface area contributed by atoms with Gasteiger partial charge < -0.3 is 0 Å². The van der Waals surface area contributed by atoms with Crippen LogP contribution in [0.2, 0.25) is 0 Å². The molecule has 0 amide bonds. The summed E-state index contributed by atoms with van der Waals surface area (Å²) in [5.41, 5.74) is -0.232. The summed E-state index contributed by atoms with van der Waals surface area (Å²) in [6.07, 6.45) is 0. The molecular formula is C11H12BrFO3S. The maximum Gasteiger partial charge on any atom is 0.197 e. The summed E-state index contributed by atoms with van der Waals surface area (Å²) in [5, 5.41) is 0. The number of Topliss-reactive ketones (excluding diaryl/α,β-unsaturated/α-hetero) is 1. The molecule has 0 saturated heterocycles. The van der Waals surface area contributed by atoms with Gasteiger partial charge in [0.15, 0.2) is 19.3 Å². The number of halogens is 2. The second-order valence-electron chi connectivity index (χ2n) is 3.63. The largest absolute Gasteiger partial charge is 0.291 e. The van der Waals surface area contributed by atoms with Gasteiger partial charge in [0.25, 0.3) is 0 Å². The van der Waals surface area contributed by atoms with Gasteiger partial charge >= 0.3 is 0 Å². The van der Waals surface area contributed by atoms with Gasteiger partial charge in [-0.2, -0.15) is 0 Å². The molecule has 0 heterocycles. The number of ketones is 1. The Morgan fingerprint density at radius 3 is 2.41 bits per heavy atom. The summed E-state index contributed by atoms with van der Waals surface area (Å²) >= 11 is 2.90. The number of carbonyl (C=O) groups excluding carboxylic acids is 1. The average Bonchev–Trinajstić information content (AvgIpc) is 2.28. The van der Waals surface area contributed by atoms with Crippen molar-refractivity contribution in [3.05, 3.63) is 35.6 Å². The lowest BCUT2D eigenvalue weighted by Crippen LogP contribution is -2.39. The molecule has 0 aliphatic heterocycles. The van der Waals surface area contributed by atoms with E-state index in [0.717, 1.165) is 6.07 Å². The topological polar surface area (TPSA) is 51.2 Å². The number of hydrogen-bond acceptors (Lipinski definition) is 3. The number of alkyl halides is 1. The molecule has 0 aromatic heterocycles. The Hall–Kier alpha value is -0.750. The van der Waals surface area contributed by atoms with Gasteiger partial charge in [0.1, 0.15) is 5.82 Å².